The lowest BCUT2D eigenvalue weighted by molar-refractivity contribution is 0.473. The zero-order valence-corrected chi connectivity index (χ0v) is 6.58. The minimum absolute atomic E-state index is 0.0180. The molecule has 2 rings (SSSR count). The Kier molecular flexibility index (Phi) is 1.37. The Morgan fingerprint density at radius 3 is 2.91 bits per heavy atom. The summed E-state index contributed by atoms with van der Waals surface area (Å²) in [5.41, 5.74) is 0.0180. The van der Waals surface area contributed by atoms with E-state index in [2.05, 4.69) is 11.9 Å². The molecule has 0 bridgehead atoms. The lowest BCUT2D eigenvalue weighted by Crippen LogP contribution is -2.20. The lowest BCUT2D eigenvalue weighted by atomic mass is 10.2. The Morgan fingerprint density at radius 1 is 1.73 bits per heavy atom. The van der Waals surface area contributed by atoms with Gasteiger partial charge in [-0.05, 0) is 25.7 Å². The number of nitrogens with zero attached hydrogens (tertiary/aromatic N) is 1. The third-order valence-electron chi connectivity index (χ3n) is 2.42. The number of H-pyrrole nitrogens is 1. The predicted molar refractivity (Wildman–Crippen MR) is 42.5 cm³/mol. The van der Waals surface area contributed by atoms with E-state index in [0.717, 1.165) is 5.92 Å². The van der Waals surface area contributed by atoms with Crippen molar-refractivity contribution in [2.75, 3.05) is 0 Å². The molecule has 60 valence electrons. The molecule has 1 atom stereocenters. The van der Waals surface area contributed by atoms with Crippen molar-refractivity contribution in [2.45, 2.75) is 25.8 Å². The Bertz CT molecular complexity index is 295. The average molecular weight is 152 g/mol. The standard InChI is InChI=1S/C8H12N2O/c1-6(7-2-3-7)10-5-4-9-8(10)11/h4-7H,2-3H2,1H3,(H,9,11). The van der Waals surface area contributed by atoms with Crippen molar-refractivity contribution in [2.24, 2.45) is 5.92 Å². The average Bonchev–Trinajstić information content (AvgIpc) is 2.74. The second kappa shape index (κ2) is 2.26. The van der Waals surface area contributed by atoms with Gasteiger partial charge in [-0.25, -0.2) is 4.79 Å². The third kappa shape index (κ3) is 1.11. The molecule has 0 aromatic carbocycles. The molecule has 1 heterocycles. The number of rotatable bonds is 2. The van der Waals surface area contributed by atoms with E-state index in [4.69, 9.17) is 0 Å². The van der Waals surface area contributed by atoms with Gasteiger partial charge in [0.1, 0.15) is 0 Å². The quantitative estimate of drug-likeness (QED) is 0.678. The highest BCUT2D eigenvalue weighted by molar-refractivity contribution is 4.88. The fourth-order valence-corrected chi connectivity index (χ4v) is 1.46. The zero-order chi connectivity index (χ0) is 7.84. The molecular formula is C8H12N2O. The van der Waals surface area contributed by atoms with Crippen molar-refractivity contribution in [3.05, 3.63) is 22.9 Å². The summed E-state index contributed by atoms with van der Waals surface area (Å²) in [6.45, 7) is 2.10. The van der Waals surface area contributed by atoms with Gasteiger partial charge < -0.3 is 4.98 Å². The summed E-state index contributed by atoms with van der Waals surface area (Å²) in [5.74, 6) is 0.739. The van der Waals surface area contributed by atoms with Crippen LogP contribution in [0.15, 0.2) is 17.2 Å². The normalized spacial score (nSPS) is 20.1. The van der Waals surface area contributed by atoms with Gasteiger partial charge in [0.05, 0.1) is 0 Å². The first-order valence-electron chi connectivity index (χ1n) is 4.04. The van der Waals surface area contributed by atoms with Crippen LogP contribution in [0, 0.1) is 5.92 Å². The highest BCUT2D eigenvalue weighted by Crippen LogP contribution is 2.38. The van der Waals surface area contributed by atoms with Crippen molar-refractivity contribution >= 4 is 0 Å². The van der Waals surface area contributed by atoms with Crippen LogP contribution in [0.3, 0.4) is 0 Å². The van der Waals surface area contributed by atoms with Crippen LogP contribution < -0.4 is 5.69 Å². The lowest BCUT2D eigenvalue weighted by Gasteiger charge is -2.09. The molecule has 0 aliphatic heterocycles. The highest BCUT2D eigenvalue weighted by atomic mass is 16.1. The molecule has 0 saturated heterocycles. The van der Waals surface area contributed by atoms with Crippen LogP contribution in [0.25, 0.3) is 0 Å². The summed E-state index contributed by atoms with van der Waals surface area (Å²) in [6, 6.07) is 0.383. The van der Waals surface area contributed by atoms with Crippen LogP contribution in [0.4, 0.5) is 0 Å². The molecule has 1 aromatic rings. The summed E-state index contributed by atoms with van der Waals surface area (Å²) in [4.78, 5) is 13.7. The summed E-state index contributed by atoms with van der Waals surface area (Å²) < 4.78 is 1.78. The maximum absolute atomic E-state index is 11.1. The van der Waals surface area contributed by atoms with Crippen LogP contribution in [0.5, 0.6) is 0 Å². The van der Waals surface area contributed by atoms with Crippen LogP contribution in [-0.2, 0) is 0 Å². The van der Waals surface area contributed by atoms with E-state index in [1.54, 1.807) is 10.8 Å². The summed E-state index contributed by atoms with van der Waals surface area (Å²) in [5, 5.41) is 0. The summed E-state index contributed by atoms with van der Waals surface area (Å²) in [7, 11) is 0. The monoisotopic (exact) mass is 152 g/mol. The van der Waals surface area contributed by atoms with Crippen molar-refractivity contribution in [3.63, 3.8) is 0 Å². The predicted octanol–water partition coefficient (Wildman–Crippen LogP) is 1.15. The van der Waals surface area contributed by atoms with Gasteiger partial charge >= 0.3 is 5.69 Å². The number of hydrogen-bond donors (Lipinski definition) is 1. The molecule has 1 aliphatic rings. The highest BCUT2D eigenvalue weighted by Gasteiger charge is 2.29. The van der Waals surface area contributed by atoms with Crippen molar-refractivity contribution in [1.82, 2.24) is 9.55 Å². The molecule has 11 heavy (non-hydrogen) atoms. The molecular weight excluding hydrogens is 140 g/mol. The van der Waals surface area contributed by atoms with E-state index in [1.165, 1.54) is 12.8 Å². The van der Waals surface area contributed by atoms with Gasteiger partial charge in [-0.2, -0.15) is 0 Å². The molecule has 1 aromatic heterocycles. The number of nitrogens with one attached hydrogen (secondary N) is 1. The topological polar surface area (TPSA) is 37.8 Å². The molecule has 0 spiro atoms. The van der Waals surface area contributed by atoms with Crippen molar-refractivity contribution in [1.29, 1.82) is 0 Å². The van der Waals surface area contributed by atoms with E-state index in [0.29, 0.717) is 6.04 Å². The molecule has 0 amide bonds. The molecule has 3 heteroatoms. The maximum Gasteiger partial charge on any atom is 0.325 e. The molecule has 1 aliphatic carbocycles. The minimum atomic E-state index is 0.0180. The molecule has 1 N–H and O–H groups in total. The molecule has 1 saturated carbocycles. The van der Waals surface area contributed by atoms with Gasteiger partial charge in [0.2, 0.25) is 0 Å². The summed E-state index contributed by atoms with van der Waals surface area (Å²) >= 11 is 0. The van der Waals surface area contributed by atoms with Crippen LogP contribution in [-0.4, -0.2) is 9.55 Å². The van der Waals surface area contributed by atoms with Crippen LogP contribution >= 0.6 is 0 Å². The number of aromatic amines is 1. The third-order valence-corrected chi connectivity index (χ3v) is 2.42. The second-order valence-corrected chi connectivity index (χ2v) is 3.25. The van der Waals surface area contributed by atoms with Gasteiger partial charge in [-0.15, -0.1) is 0 Å². The first-order valence-corrected chi connectivity index (χ1v) is 4.04. The Labute approximate surface area is 65.1 Å². The van der Waals surface area contributed by atoms with Crippen LogP contribution in [0.1, 0.15) is 25.8 Å². The smallest absolute Gasteiger partial charge is 0.313 e. The first-order chi connectivity index (χ1) is 5.29. The molecule has 1 fully saturated rings. The molecule has 1 unspecified atom stereocenters. The Balaban J connectivity index is 2.27. The van der Waals surface area contributed by atoms with Gasteiger partial charge in [0, 0.05) is 18.4 Å². The number of hydrogen-bond acceptors (Lipinski definition) is 1. The number of aromatic nitrogens is 2. The van der Waals surface area contributed by atoms with Gasteiger partial charge in [-0.3, -0.25) is 4.57 Å². The Hall–Kier alpha value is -0.990. The number of imidazole rings is 1. The fraction of sp³-hybridized carbons (Fsp3) is 0.625. The van der Waals surface area contributed by atoms with Crippen LogP contribution in [0.2, 0.25) is 0 Å². The van der Waals surface area contributed by atoms with Crippen molar-refractivity contribution < 1.29 is 0 Å². The SMILES string of the molecule is CC(C1CC1)n1cc[nH]c1=O. The Morgan fingerprint density at radius 2 is 2.45 bits per heavy atom. The first kappa shape index (κ1) is 6.70. The second-order valence-electron chi connectivity index (χ2n) is 3.25. The minimum Gasteiger partial charge on any atom is -0.313 e. The van der Waals surface area contributed by atoms with Gasteiger partial charge in [0.15, 0.2) is 0 Å². The van der Waals surface area contributed by atoms with Gasteiger partial charge in [0.25, 0.3) is 0 Å². The molecule has 0 radical (unpaired) electrons. The van der Waals surface area contributed by atoms with Crippen molar-refractivity contribution in [3.8, 4) is 0 Å². The van der Waals surface area contributed by atoms with E-state index in [-0.39, 0.29) is 5.69 Å². The maximum atomic E-state index is 11.1. The van der Waals surface area contributed by atoms with E-state index in [1.807, 2.05) is 6.20 Å². The molecule has 3 nitrogen and oxygen atoms in total. The zero-order valence-electron chi connectivity index (χ0n) is 6.58. The fourth-order valence-electron chi connectivity index (χ4n) is 1.46. The summed E-state index contributed by atoms with van der Waals surface area (Å²) in [6.07, 6.45) is 6.07. The van der Waals surface area contributed by atoms with E-state index in [9.17, 15) is 4.79 Å². The van der Waals surface area contributed by atoms with E-state index < -0.39 is 0 Å². The van der Waals surface area contributed by atoms with Gasteiger partial charge in [-0.1, -0.05) is 0 Å². The largest absolute Gasteiger partial charge is 0.325 e. The van der Waals surface area contributed by atoms with E-state index >= 15 is 0 Å².